The predicted molar refractivity (Wildman–Crippen MR) is 144 cm³/mol. The van der Waals surface area contributed by atoms with E-state index < -0.39 is 5.97 Å². The van der Waals surface area contributed by atoms with Gasteiger partial charge in [-0.3, -0.25) is 9.59 Å². The third-order valence-electron chi connectivity index (χ3n) is 6.11. The van der Waals surface area contributed by atoms with Crippen LogP contribution in [0.3, 0.4) is 0 Å². The smallest absolute Gasteiger partial charge is 0.306 e. The molecule has 198 valence electrons. The molecule has 0 radical (unpaired) electrons. The summed E-state index contributed by atoms with van der Waals surface area (Å²) in [6.45, 7) is 4.40. The first-order chi connectivity index (χ1) is 16.6. The van der Waals surface area contributed by atoms with Crippen LogP contribution < -0.4 is 0 Å². The highest BCUT2D eigenvalue weighted by Crippen LogP contribution is 2.14. The number of aliphatic carboxylic acids is 1. The molecule has 0 aromatic rings. The van der Waals surface area contributed by atoms with Gasteiger partial charge in [-0.15, -0.1) is 0 Å². The van der Waals surface area contributed by atoms with Crippen molar-refractivity contribution in [1.29, 1.82) is 0 Å². The van der Waals surface area contributed by atoms with E-state index in [1.807, 2.05) is 6.08 Å². The van der Waals surface area contributed by atoms with Gasteiger partial charge in [0, 0.05) is 12.8 Å². The van der Waals surface area contributed by atoms with E-state index in [1.54, 1.807) is 0 Å². The van der Waals surface area contributed by atoms with Crippen LogP contribution in [0.1, 0.15) is 149 Å². The molecule has 0 saturated heterocycles. The Kier molecular flexibility index (Phi) is 24.8. The molecule has 0 rings (SSSR count). The molecule has 0 aliphatic heterocycles. The molecular weight excluding hydrogens is 424 g/mol. The Morgan fingerprint density at radius 2 is 1.21 bits per heavy atom. The van der Waals surface area contributed by atoms with Crippen LogP contribution in [0.5, 0.6) is 0 Å². The third kappa shape index (κ3) is 25.1. The van der Waals surface area contributed by atoms with E-state index in [2.05, 4.69) is 32.1 Å². The van der Waals surface area contributed by atoms with Crippen molar-refractivity contribution in [2.75, 3.05) is 0 Å². The predicted octanol–water partition coefficient (Wildman–Crippen LogP) is 9.33. The minimum atomic E-state index is -0.727. The molecule has 0 aromatic carbocycles. The van der Waals surface area contributed by atoms with Crippen molar-refractivity contribution in [3.8, 4) is 0 Å². The molecule has 1 N–H and O–H groups in total. The number of carbonyl (C=O) groups excluding carboxylic acids is 1. The number of carboxylic acid groups (broad SMARTS) is 1. The second kappa shape index (κ2) is 26.0. The molecule has 34 heavy (non-hydrogen) atoms. The molecule has 0 aliphatic rings. The summed E-state index contributed by atoms with van der Waals surface area (Å²) in [5.74, 6) is -0.812. The fourth-order valence-corrected chi connectivity index (χ4v) is 3.98. The molecule has 0 aromatic heterocycles. The molecular formula is C30H54O4. The average Bonchev–Trinajstić information content (AvgIpc) is 2.81. The Bertz CT molecular complexity index is 524. The van der Waals surface area contributed by atoms with Crippen molar-refractivity contribution in [2.45, 2.75) is 155 Å². The van der Waals surface area contributed by atoms with Gasteiger partial charge in [0.2, 0.25) is 0 Å². The third-order valence-corrected chi connectivity index (χ3v) is 6.11. The van der Waals surface area contributed by atoms with Crippen LogP contribution >= 0.6 is 0 Å². The van der Waals surface area contributed by atoms with Gasteiger partial charge in [0.25, 0.3) is 0 Å². The van der Waals surface area contributed by atoms with Gasteiger partial charge in [0.05, 0.1) is 0 Å². The van der Waals surface area contributed by atoms with Crippen molar-refractivity contribution in [2.24, 2.45) is 0 Å². The largest absolute Gasteiger partial charge is 0.481 e. The quantitative estimate of drug-likeness (QED) is 0.0806. The van der Waals surface area contributed by atoms with Gasteiger partial charge in [-0.1, -0.05) is 96.3 Å². The standard InChI is InChI=1S/C30H54O4/c1-3-5-7-8-9-10-11-12-13-14-15-16-17-23-27-30(33)34-28(24-20-6-4-2)25-21-18-19-22-26-29(31)32/h11-12,20,24,28H,3-10,13-19,21-23,25-27H2,1-2H3,(H,31,32)/b12-11-,24-20-. The fraction of sp³-hybridized carbons (Fsp3) is 0.800. The lowest BCUT2D eigenvalue weighted by Gasteiger charge is -2.14. The van der Waals surface area contributed by atoms with Crippen LogP contribution in [-0.2, 0) is 14.3 Å². The Morgan fingerprint density at radius 1 is 0.647 bits per heavy atom. The summed E-state index contributed by atoms with van der Waals surface area (Å²) in [7, 11) is 0. The van der Waals surface area contributed by atoms with Crippen LogP contribution in [0.25, 0.3) is 0 Å². The molecule has 0 amide bonds. The number of unbranched alkanes of at least 4 members (excludes halogenated alkanes) is 14. The molecule has 4 heteroatoms. The molecule has 0 spiro atoms. The van der Waals surface area contributed by atoms with E-state index in [4.69, 9.17) is 9.84 Å². The molecule has 0 heterocycles. The maximum absolute atomic E-state index is 12.3. The number of ether oxygens (including phenoxy) is 1. The fourth-order valence-electron chi connectivity index (χ4n) is 3.98. The highest BCUT2D eigenvalue weighted by Gasteiger charge is 2.11. The SMILES string of the molecule is CCC/C=C\C(CCCCCCC(=O)O)OC(=O)CCCCCCC/C=C\CCCCCCC. The van der Waals surface area contributed by atoms with E-state index in [-0.39, 0.29) is 18.5 Å². The van der Waals surface area contributed by atoms with E-state index in [9.17, 15) is 9.59 Å². The van der Waals surface area contributed by atoms with Gasteiger partial charge in [-0.2, -0.15) is 0 Å². The Labute approximate surface area is 210 Å². The molecule has 1 atom stereocenters. The van der Waals surface area contributed by atoms with Gasteiger partial charge >= 0.3 is 11.9 Å². The number of carboxylic acids is 1. The zero-order valence-electron chi connectivity index (χ0n) is 22.4. The lowest BCUT2D eigenvalue weighted by Crippen LogP contribution is -2.16. The van der Waals surface area contributed by atoms with Crippen LogP contribution in [0.15, 0.2) is 24.3 Å². The van der Waals surface area contributed by atoms with Gasteiger partial charge in [-0.05, 0) is 63.9 Å². The Hall–Kier alpha value is -1.58. The van der Waals surface area contributed by atoms with E-state index >= 15 is 0 Å². The Morgan fingerprint density at radius 3 is 1.82 bits per heavy atom. The lowest BCUT2D eigenvalue weighted by atomic mass is 10.1. The maximum Gasteiger partial charge on any atom is 0.306 e. The number of hydrogen-bond donors (Lipinski definition) is 1. The van der Waals surface area contributed by atoms with Gasteiger partial charge in [-0.25, -0.2) is 0 Å². The first kappa shape index (κ1) is 32.4. The molecule has 0 fully saturated rings. The summed E-state index contributed by atoms with van der Waals surface area (Å²) in [6, 6.07) is 0. The number of carbonyl (C=O) groups is 2. The van der Waals surface area contributed by atoms with Crippen molar-refractivity contribution < 1.29 is 19.4 Å². The number of hydrogen-bond acceptors (Lipinski definition) is 3. The van der Waals surface area contributed by atoms with Crippen molar-refractivity contribution >= 4 is 11.9 Å². The van der Waals surface area contributed by atoms with E-state index in [0.717, 1.165) is 57.8 Å². The molecule has 0 saturated carbocycles. The second-order valence-electron chi connectivity index (χ2n) is 9.57. The van der Waals surface area contributed by atoms with Crippen LogP contribution in [0.4, 0.5) is 0 Å². The first-order valence-corrected chi connectivity index (χ1v) is 14.3. The summed E-state index contributed by atoms with van der Waals surface area (Å²) >= 11 is 0. The van der Waals surface area contributed by atoms with Crippen LogP contribution in [0, 0.1) is 0 Å². The maximum atomic E-state index is 12.3. The summed E-state index contributed by atoms with van der Waals surface area (Å²) in [4.78, 5) is 22.9. The Balaban J connectivity index is 3.81. The van der Waals surface area contributed by atoms with E-state index in [1.165, 1.54) is 64.2 Å². The summed E-state index contributed by atoms with van der Waals surface area (Å²) in [5, 5.41) is 8.71. The highest BCUT2D eigenvalue weighted by atomic mass is 16.5. The minimum absolute atomic E-state index is 0.0844. The van der Waals surface area contributed by atoms with Gasteiger partial charge < -0.3 is 9.84 Å². The summed E-state index contributed by atoms with van der Waals surface area (Å²) in [6.07, 6.45) is 30.8. The van der Waals surface area contributed by atoms with Crippen LogP contribution in [-0.4, -0.2) is 23.1 Å². The number of esters is 1. The van der Waals surface area contributed by atoms with Gasteiger partial charge in [0.1, 0.15) is 6.10 Å². The van der Waals surface area contributed by atoms with Crippen LogP contribution in [0.2, 0.25) is 0 Å². The topological polar surface area (TPSA) is 63.6 Å². The molecule has 0 bridgehead atoms. The van der Waals surface area contributed by atoms with Crippen molar-refractivity contribution in [3.63, 3.8) is 0 Å². The zero-order chi connectivity index (χ0) is 25.1. The van der Waals surface area contributed by atoms with Crippen molar-refractivity contribution in [3.05, 3.63) is 24.3 Å². The molecule has 0 aliphatic carbocycles. The minimum Gasteiger partial charge on any atom is -0.481 e. The number of allylic oxidation sites excluding steroid dienone is 3. The van der Waals surface area contributed by atoms with E-state index in [0.29, 0.717) is 6.42 Å². The normalized spacial score (nSPS) is 12.5. The summed E-state index contributed by atoms with van der Waals surface area (Å²) < 4.78 is 5.73. The monoisotopic (exact) mass is 478 g/mol. The first-order valence-electron chi connectivity index (χ1n) is 14.3. The average molecular weight is 479 g/mol. The lowest BCUT2D eigenvalue weighted by molar-refractivity contribution is -0.147. The highest BCUT2D eigenvalue weighted by molar-refractivity contribution is 5.69. The number of rotatable bonds is 25. The summed E-state index contributed by atoms with van der Waals surface area (Å²) in [5.41, 5.74) is 0. The van der Waals surface area contributed by atoms with Crippen molar-refractivity contribution in [1.82, 2.24) is 0 Å². The molecule has 4 nitrogen and oxygen atoms in total. The zero-order valence-corrected chi connectivity index (χ0v) is 22.4. The molecule has 1 unspecified atom stereocenters. The van der Waals surface area contributed by atoms with Gasteiger partial charge in [0.15, 0.2) is 0 Å². The second-order valence-corrected chi connectivity index (χ2v) is 9.57.